The second kappa shape index (κ2) is 5.90. The van der Waals surface area contributed by atoms with E-state index in [0.29, 0.717) is 0 Å². The average molecular weight is 286 g/mol. The van der Waals surface area contributed by atoms with Gasteiger partial charge >= 0.3 is 5.97 Å². The van der Waals surface area contributed by atoms with Gasteiger partial charge in [-0.25, -0.2) is 0 Å². The molecular formula is C17H22N2O2. The van der Waals surface area contributed by atoms with Crippen LogP contribution in [-0.4, -0.2) is 35.6 Å². The molecule has 1 saturated heterocycles. The number of nitrogens with zero attached hydrogens (tertiary/aromatic N) is 2. The Morgan fingerprint density at radius 3 is 3.00 bits per heavy atom. The molecule has 4 heteroatoms. The third kappa shape index (κ3) is 2.81. The van der Waals surface area contributed by atoms with Crippen LogP contribution in [0.3, 0.4) is 0 Å². The van der Waals surface area contributed by atoms with Gasteiger partial charge in [0.2, 0.25) is 0 Å². The highest BCUT2D eigenvalue weighted by molar-refractivity contribution is 5.83. The van der Waals surface area contributed by atoms with Gasteiger partial charge in [-0.15, -0.1) is 0 Å². The predicted molar refractivity (Wildman–Crippen MR) is 82.9 cm³/mol. The van der Waals surface area contributed by atoms with E-state index >= 15 is 0 Å². The maximum atomic E-state index is 11.7. The Kier molecular flexibility index (Phi) is 3.97. The number of hydrogen-bond donors (Lipinski definition) is 0. The van der Waals surface area contributed by atoms with Crippen molar-refractivity contribution in [1.82, 2.24) is 9.47 Å². The Bertz CT molecular complexity index is 647. The Morgan fingerprint density at radius 1 is 1.38 bits per heavy atom. The van der Waals surface area contributed by atoms with Crippen molar-refractivity contribution in [3.05, 3.63) is 36.0 Å². The minimum absolute atomic E-state index is 0.0266. The molecule has 4 nitrogen and oxygen atoms in total. The lowest BCUT2D eigenvalue weighted by molar-refractivity contribution is -0.147. The zero-order chi connectivity index (χ0) is 14.8. The highest BCUT2D eigenvalue weighted by atomic mass is 16.5. The second-order valence-corrected chi connectivity index (χ2v) is 5.88. The van der Waals surface area contributed by atoms with Gasteiger partial charge in [0.25, 0.3) is 0 Å². The van der Waals surface area contributed by atoms with E-state index in [2.05, 4.69) is 47.0 Å². The first-order valence-corrected chi connectivity index (χ1v) is 7.52. The third-order valence-corrected chi connectivity index (χ3v) is 4.41. The number of esters is 1. The molecule has 0 saturated carbocycles. The van der Waals surface area contributed by atoms with E-state index in [4.69, 9.17) is 4.74 Å². The molecule has 0 amide bonds. The van der Waals surface area contributed by atoms with E-state index in [-0.39, 0.29) is 11.9 Å². The predicted octanol–water partition coefficient (Wildman–Crippen LogP) is 2.56. The van der Waals surface area contributed by atoms with Gasteiger partial charge in [0.05, 0.1) is 13.0 Å². The summed E-state index contributed by atoms with van der Waals surface area (Å²) in [6.45, 7) is 2.75. The van der Waals surface area contributed by atoms with Gasteiger partial charge in [0, 0.05) is 37.2 Å². The summed E-state index contributed by atoms with van der Waals surface area (Å²) in [6.07, 6.45) is 4.20. The summed E-state index contributed by atoms with van der Waals surface area (Å²) in [5.74, 6) is -0.0450. The number of likely N-dealkylation sites (tertiary alicyclic amines) is 1. The third-order valence-electron chi connectivity index (χ3n) is 4.41. The topological polar surface area (TPSA) is 34.5 Å². The number of ether oxygens (including phenoxy) is 1. The van der Waals surface area contributed by atoms with Crippen LogP contribution in [0.15, 0.2) is 30.5 Å². The molecule has 0 radical (unpaired) electrons. The fourth-order valence-corrected chi connectivity index (χ4v) is 3.35. The summed E-state index contributed by atoms with van der Waals surface area (Å²) in [6, 6.07) is 8.47. The van der Waals surface area contributed by atoms with Gasteiger partial charge in [-0.05, 0) is 31.0 Å². The maximum absolute atomic E-state index is 11.7. The van der Waals surface area contributed by atoms with E-state index < -0.39 is 0 Å². The summed E-state index contributed by atoms with van der Waals surface area (Å²) < 4.78 is 7.07. The summed E-state index contributed by atoms with van der Waals surface area (Å²) in [4.78, 5) is 14.1. The van der Waals surface area contributed by atoms with E-state index in [1.54, 1.807) is 0 Å². The Balaban J connectivity index is 1.77. The van der Waals surface area contributed by atoms with Crippen molar-refractivity contribution in [3.63, 3.8) is 0 Å². The molecule has 3 rings (SSSR count). The van der Waals surface area contributed by atoms with Gasteiger partial charge in [0.1, 0.15) is 0 Å². The van der Waals surface area contributed by atoms with Crippen LogP contribution in [0, 0.1) is 5.92 Å². The molecule has 1 aliphatic heterocycles. The number of carbonyl (C=O) groups excluding carboxylic acids is 1. The maximum Gasteiger partial charge on any atom is 0.309 e. The molecule has 2 heterocycles. The SMILES string of the molecule is COC(=O)[C@@H]1CCCN(Cc2cn(C)c3ccccc23)C1. The number of benzene rings is 1. The first-order chi connectivity index (χ1) is 10.2. The highest BCUT2D eigenvalue weighted by Gasteiger charge is 2.26. The van der Waals surface area contributed by atoms with E-state index in [1.165, 1.54) is 23.6 Å². The lowest BCUT2D eigenvalue weighted by atomic mass is 9.98. The van der Waals surface area contributed by atoms with Crippen molar-refractivity contribution in [1.29, 1.82) is 0 Å². The molecule has 0 unspecified atom stereocenters. The van der Waals surface area contributed by atoms with Crippen LogP contribution in [0.25, 0.3) is 10.9 Å². The van der Waals surface area contributed by atoms with E-state index in [1.807, 2.05) is 0 Å². The lowest BCUT2D eigenvalue weighted by Gasteiger charge is -2.31. The standard InChI is InChI=1S/C17H22N2O2/c1-18-10-14(15-7-3-4-8-16(15)18)12-19-9-5-6-13(11-19)17(20)21-2/h3-4,7-8,10,13H,5-6,9,11-12H2,1-2H3/t13-/m1/s1. The van der Waals surface area contributed by atoms with Crippen LogP contribution in [0.2, 0.25) is 0 Å². The number of para-hydroxylation sites is 1. The molecule has 1 atom stereocenters. The van der Waals surface area contributed by atoms with Crippen molar-refractivity contribution >= 4 is 16.9 Å². The molecule has 0 aliphatic carbocycles. The van der Waals surface area contributed by atoms with Crippen molar-refractivity contribution in [2.45, 2.75) is 19.4 Å². The molecule has 1 aliphatic rings. The zero-order valence-electron chi connectivity index (χ0n) is 12.7. The molecule has 2 aromatic rings. The number of methoxy groups -OCH3 is 1. The smallest absolute Gasteiger partial charge is 0.309 e. The number of rotatable bonds is 3. The second-order valence-electron chi connectivity index (χ2n) is 5.88. The van der Waals surface area contributed by atoms with Crippen LogP contribution in [-0.2, 0) is 23.1 Å². The van der Waals surface area contributed by atoms with Crippen molar-refractivity contribution in [2.24, 2.45) is 13.0 Å². The Labute approximate surface area is 125 Å². The Hall–Kier alpha value is -1.81. The summed E-state index contributed by atoms with van der Waals surface area (Å²) >= 11 is 0. The zero-order valence-corrected chi connectivity index (χ0v) is 12.7. The first kappa shape index (κ1) is 14.1. The van der Waals surface area contributed by atoms with E-state index in [0.717, 1.165) is 32.5 Å². The van der Waals surface area contributed by atoms with Crippen molar-refractivity contribution < 1.29 is 9.53 Å². The Morgan fingerprint density at radius 2 is 2.19 bits per heavy atom. The van der Waals surface area contributed by atoms with Crippen LogP contribution in [0.1, 0.15) is 18.4 Å². The van der Waals surface area contributed by atoms with E-state index in [9.17, 15) is 4.79 Å². The van der Waals surface area contributed by atoms with Crippen LogP contribution >= 0.6 is 0 Å². The normalized spacial score (nSPS) is 19.8. The molecule has 112 valence electrons. The fourth-order valence-electron chi connectivity index (χ4n) is 3.35. The highest BCUT2D eigenvalue weighted by Crippen LogP contribution is 2.24. The number of carbonyl (C=O) groups is 1. The molecule has 0 spiro atoms. The number of hydrogen-bond acceptors (Lipinski definition) is 3. The molecule has 21 heavy (non-hydrogen) atoms. The fraction of sp³-hybridized carbons (Fsp3) is 0.471. The van der Waals surface area contributed by atoms with Gasteiger partial charge in [-0.2, -0.15) is 0 Å². The molecule has 0 N–H and O–H groups in total. The monoisotopic (exact) mass is 286 g/mol. The summed E-state index contributed by atoms with van der Waals surface area (Å²) in [5, 5.41) is 1.31. The van der Waals surface area contributed by atoms with Gasteiger partial charge in [-0.1, -0.05) is 18.2 Å². The number of aryl methyl sites for hydroxylation is 1. The minimum Gasteiger partial charge on any atom is -0.469 e. The van der Waals surface area contributed by atoms with Gasteiger partial charge in [0.15, 0.2) is 0 Å². The molecule has 1 fully saturated rings. The number of piperidine rings is 1. The van der Waals surface area contributed by atoms with Gasteiger partial charge in [-0.3, -0.25) is 9.69 Å². The summed E-state index contributed by atoms with van der Waals surface area (Å²) in [7, 11) is 3.56. The van der Waals surface area contributed by atoms with Crippen molar-refractivity contribution in [2.75, 3.05) is 20.2 Å². The van der Waals surface area contributed by atoms with Crippen LogP contribution < -0.4 is 0 Å². The van der Waals surface area contributed by atoms with Crippen LogP contribution in [0.4, 0.5) is 0 Å². The molecular weight excluding hydrogens is 264 g/mol. The number of aromatic nitrogens is 1. The largest absolute Gasteiger partial charge is 0.469 e. The molecule has 1 aromatic carbocycles. The summed E-state index contributed by atoms with van der Waals surface area (Å²) in [5.41, 5.74) is 2.59. The minimum atomic E-state index is -0.0716. The average Bonchev–Trinajstić information content (AvgIpc) is 2.83. The first-order valence-electron chi connectivity index (χ1n) is 7.52. The van der Waals surface area contributed by atoms with Gasteiger partial charge < -0.3 is 9.30 Å². The van der Waals surface area contributed by atoms with Crippen LogP contribution in [0.5, 0.6) is 0 Å². The molecule has 0 bridgehead atoms. The quantitative estimate of drug-likeness (QED) is 0.813. The number of fused-ring (bicyclic) bond motifs is 1. The molecule has 1 aromatic heterocycles. The lowest BCUT2D eigenvalue weighted by Crippen LogP contribution is -2.38. The van der Waals surface area contributed by atoms with Crippen molar-refractivity contribution in [3.8, 4) is 0 Å².